The molecule has 0 saturated heterocycles. The van der Waals surface area contributed by atoms with Crippen LogP contribution in [0.4, 0.5) is 4.79 Å². The van der Waals surface area contributed by atoms with Crippen LogP contribution in [0.25, 0.3) is 0 Å². The molecule has 0 saturated carbocycles. The minimum absolute atomic E-state index is 0.0534. The Morgan fingerprint density at radius 3 is 2.33 bits per heavy atom. The van der Waals surface area contributed by atoms with E-state index in [9.17, 15) is 23.1 Å². The van der Waals surface area contributed by atoms with Gasteiger partial charge < -0.3 is 24.6 Å². The quantitative estimate of drug-likeness (QED) is 0.202. The molecule has 2 atom stereocenters. The zero-order chi connectivity index (χ0) is 24.3. The van der Waals surface area contributed by atoms with Gasteiger partial charge in [0.05, 0.1) is 19.3 Å². The number of benzene rings is 2. The molecule has 0 radical (unpaired) electrons. The first-order chi connectivity index (χ1) is 15.7. The Hall–Kier alpha value is -2.99. The molecule has 180 valence electrons. The summed E-state index contributed by atoms with van der Waals surface area (Å²) in [4.78, 5) is 24.1. The highest BCUT2D eigenvalue weighted by molar-refractivity contribution is 7.86. The number of carbonyl (C=O) groups is 2. The third kappa shape index (κ3) is 9.18. The van der Waals surface area contributed by atoms with Gasteiger partial charge in [0.1, 0.15) is 18.4 Å². The van der Waals surface area contributed by atoms with Crippen LogP contribution in [0, 0.1) is 0 Å². The summed E-state index contributed by atoms with van der Waals surface area (Å²) in [5.41, 5.74) is 1.27. The fraction of sp³-hybridized carbons (Fsp3) is 0.364. The summed E-state index contributed by atoms with van der Waals surface area (Å²) < 4.78 is 42.4. The largest absolute Gasteiger partial charge is 0.445 e. The van der Waals surface area contributed by atoms with E-state index in [1.54, 1.807) is 6.92 Å². The van der Waals surface area contributed by atoms with Crippen molar-refractivity contribution in [2.24, 2.45) is 0 Å². The smallest absolute Gasteiger partial charge is 0.408 e. The maximum absolute atomic E-state index is 12.3. The first-order valence-electron chi connectivity index (χ1n) is 10.1. The van der Waals surface area contributed by atoms with E-state index in [4.69, 9.17) is 14.2 Å². The number of aliphatic hydroxyl groups excluding tert-OH is 1. The molecule has 10 nitrogen and oxygen atoms in total. The van der Waals surface area contributed by atoms with Crippen LogP contribution >= 0.6 is 0 Å². The third-order valence-corrected chi connectivity index (χ3v) is 5.60. The van der Waals surface area contributed by atoms with Crippen molar-refractivity contribution in [3.63, 3.8) is 0 Å². The van der Waals surface area contributed by atoms with Gasteiger partial charge in [-0.25, -0.2) is 4.79 Å². The second-order valence-electron chi connectivity index (χ2n) is 6.75. The SMILES string of the molecule is CCOC(O)C(NC(=O)OCc1ccccc1)c1ccc(OC(=O)CCS(=O)(=O)OC)cc1. The first-order valence-corrected chi connectivity index (χ1v) is 11.7. The molecular formula is C22H27NO9S. The fourth-order valence-corrected chi connectivity index (χ4v) is 3.28. The summed E-state index contributed by atoms with van der Waals surface area (Å²) in [7, 11) is -2.76. The van der Waals surface area contributed by atoms with E-state index in [2.05, 4.69) is 9.50 Å². The summed E-state index contributed by atoms with van der Waals surface area (Å²) in [6, 6.07) is 14.1. The lowest BCUT2D eigenvalue weighted by molar-refractivity contribution is -0.134. The number of esters is 1. The van der Waals surface area contributed by atoms with Gasteiger partial charge in [-0.15, -0.1) is 0 Å². The monoisotopic (exact) mass is 481 g/mol. The number of alkyl carbamates (subject to hydrolysis) is 1. The van der Waals surface area contributed by atoms with Crippen molar-refractivity contribution in [1.29, 1.82) is 0 Å². The van der Waals surface area contributed by atoms with Gasteiger partial charge in [-0.1, -0.05) is 42.5 Å². The molecule has 2 N–H and O–H groups in total. The fourth-order valence-electron chi connectivity index (χ4n) is 2.70. The predicted octanol–water partition coefficient (Wildman–Crippen LogP) is 2.28. The van der Waals surface area contributed by atoms with Gasteiger partial charge in [0.2, 0.25) is 0 Å². The molecule has 11 heteroatoms. The number of ether oxygens (including phenoxy) is 3. The van der Waals surface area contributed by atoms with E-state index >= 15 is 0 Å². The number of aliphatic hydroxyl groups is 1. The number of carbonyl (C=O) groups excluding carboxylic acids is 2. The number of hydrogen-bond donors (Lipinski definition) is 2. The van der Waals surface area contributed by atoms with E-state index in [0.717, 1.165) is 12.7 Å². The Kier molecular flexibility index (Phi) is 10.3. The minimum Gasteiger partial charge on any atom is -0.445 e. The maximum atomic E-state index is 12.3. The number of nitrogens with one attached hydrogen (secondary N) is 1. The highest BCUT2D eigenvalue weighted by atomic mass is 32.2. The Balaban J connectivity index is 2.00. The van der Waals surface area contributed by atoms with E-state index in [-0.39, 0.29) is 25.4 Å². The number of amides is 1. The molecule has 0 bridgehead atoms. The van der Waals surface area contributed by atoms with E-state index in [1.165, 1.54) is 24.3 Å². The van der Waals surface area contributed by atoms with Gasteiger partial charge in [0.25, 0.3) is 10.1 Å². The Labute approximate surface area is 192 Å². The predicted molar refractivity (Wildman–Crippen MR) is 118 cm³/mol. The van der Waals surface area contributed by atoms with Crippen molar-refractivity contribution < 1.29 is 41.5 Å². The molecular weight excluding hydrogens is 454 g/mol. The van der Waals surface area contributed by atoms with Gasteiger partial charge in [0.15, 0.2) is 6.29 Å². The Bertz CT molecular complexity index is 994. The lowest BCUT2D eigenvalue weighted by Crippen LogP contribution is -2.38. The highest BCUT2D eigenvalue weighted by Crippen LogP contribution is 2.22. The van der Waals surface area contributed by atoms with Crippen LogP contribution in [0.2, 0.25) is 0 Å². The average molecular weight is 482 g/mol. The molecule has 0 aliphatic rings. The van der Waals surface area contributed by atoms with Gasteiger partial charge in [0, 0.05) is 6.61 Å². The molecule has 33 heavy (non-hydrogen) atoms. The van der Waals surface area contributed by atoms with E-state index in [1.807, 2.05) is 30.3 Å². The molecule has 0 aliphatic carbocycles. The molecule has 0 heterocycles. The van der Waals surface area contributed by atoms with Crippen LogP contribution in [0.3, 0.4) is 0 Å². The summed E-state index contributed by atoms with van der Waals surface area (Å²) in [6.07, 6.45) is -2.48. The number of rotatable bonds is 12. The molecule has 2 unspecified atom stereocenters. The lowest BCUT2D eigenvalue weighted by atomic mass is 10.1. The lowest BCUT2D eigenvalue weighted by Gasteiger charge is -2.24. The van der Waals surface area contributed by atoms with Gasteiger partial charge in [-0.2, -0.15) is 8.42 Å². The Morgan fingerprint density at radius 1 is 1.06 bits per heavy atom. The van der Waals surface area contributed by atoms with Gasteiger partial charge in [-0.3, -0.25) is 8.98 Å². The van der Waals surface area contributed by atoms with E-state index in [0.29, 0.717) is 5.56 Å². The van der Waals surface area contributed by atoms with Crippen LogP contribution in [-0.4, -0.2) is 51.3 Å². The number of hydrogen-bond acceptors (Lipinski definition) is 9. The van der Waals surface area contributed by atoms with Crippen LogP contribution in [0.1, 0.15) is 30.5 Å². The molecule has 2 rings (SSSR count). The van der Waals surface area contributed by atoms with Crippen LogP contribution in [0.5, 0.6) is 5.75 Å². The van der Waals surface area contributed by atoms with Gasteiger partial charge in [-0.05, 0) is 30.2 Å². The Morgan fingerprint density at radius 2 is 1.73 bits per heavy atom. The van der Waals surface area contributed by atoms with Crippen LogP contribution in [-0.2, 0) is 35.2 Å². The summed E-state index contributed by atoms with van der Waals surface area (Å²) >= 11 is 0. The molecule has 0 fully saturated rings. The molecule has 0 aromatic heterocycles. The van der Waals surface area contributed by atoms with Crippen molar-refractivity contribution in [2.45, 2.75) is 32.3 Å². The molecule has 2 aromatic carbocycles. The highest BCUT2D eigenvalue weighted by Gasteiger charge is 2.24. The molecule has 0 spiro atoms. The standard InChI is InChI=1S/C22H27NO9S/c1-3-30-21(25)20(23-22(26)31-15-16-7-5-4-6-8-16)17-9-11-18(12-10-17)32-19(24)13-14-33(27,28)29-2/h4-12,20-21,25H,3,13-15H2,1-2H3,(H,23,26). The zero-order valence-electron chi connectivity index (χ0n) is 18.3. The topological polar surface area (TPSA) is 137 Å². The van der Waals surface area contributed by atoms with Crippen molar-refractivity contribution in [3.05, 3.63) is 65.7 Å². The zero-order valence-corrected chi connectivity index (χ0v) is 19.1. The van der Waals surface area contributed by atoms with Crippen molar-refractivity contribution in [3.8, 4) is 5.75 Å². The van der Waals surface area contributed by atoms with Crippen molar-refractivity contribution >= 4 is 22.2 Å². The summed E-state index contributed by atoms with van der Waals surface area (Å²) in [6.45, 7) is 1.95. The first kappa shape index (κ1) is 26.3. The summed E-state index contributed by atoms with van der Waals surface area (Å²) in [5, 5.41) is 12.9. The minimum atomic E-state index is -3.77. The van der Waals surface area contributed by atoms with E-state index < -0.39 is 40.3 Å². The normalized spacial score (nSPS) is 13.1. The second-order valence-corrected chi connectivity index (χ2v) is 8.61. The van der Waals surface area contributed by atoms with Crippen molar-refractivity contribution in [1.82, 2.24) is 5.32 Å². The molecule has 0 aliphatic heterocycles. The van der Waals surface area contributed by atoms with Crippen molar-refractivity contribution in [2.75, 3.05) is 19.5 Å². The van der Waals surface area contributed by atoms with Crippen LogP contribution in [0.15, 0.2) is 54.6 Å². The van der Waals surface area contributed by atoms with Crippen LogP contribution < -0.4 is 10.1 Å². The third-order valence-electron chi connectivity index (χ3n) is 4.39. The second kappa shape index (κ2) is 12.9. The maximum Gasteiger partial charge on any atom is 0.408 e. The summed E-state index contributed by atoms with van der Waals surface area (Å²) in [5.74, 6) is -1.09. The molecule has 1 amide bonds. The molecule has 2 aromatic rings. The average Bonchev–Trinajstić information content (AvgIpc) is 2.81. The van der Waals surface area contributed by atoms with Gasteiger partial charge >= 0.3 is 12.1 Å².